The number of anilines is 1. The fraction of sp³-hybridized carbons (Fsp3) is 0.0833. The van der Waals surface area contributed by atoms with Crippen molar-refractivity contribution in [3.8, 4) is 5.69 Å². The fourth-order valence-corrected chi connectivity index (χ4v) is 4.42. The van der Waals surface area contributed by atoms with Crippen molar-refractivity contribution >= 4 is 40.0 Å². The van der Waals surface area contributed by atoms with E-state index in [0.717, 1.165) is 17.3 Å². The summed E-state index contributed by atoms with van der Waals surface area (Å²) in [5.74, 6) is -0.534. The van der Waals surface area contributed by atoms with Crippen molar-refractivity contribution in [2.24, 2.45) is 0 Å². The van der Waals surface area contributed by atoms with Crippen LogP contribution >= 0.6 is 11.8 Å². The molecular formula is C24H18FN5O2S. The van der Waals surface area contributed by atoms with Gasteiger partial charge in [0.2, 0.25) is 11.7 Å². The van der Waals surface area contributed by atoms with Crippen molar-refractivity contribution in [1.82, 2.24) is 19.2 Å². The maximum absolute atomic E-state index is 13.8. The molecular weight excluding hydrogens is 441 g/mol. The summed E-state index contributed by atoms with van der Waals surface area (Å²) >= 11 is 1.16. The number of hydrogen-bond acceptors (Lipinski definition) is 5. The van der Waals surface area contributed by atoms with Crippen molar-refractivity contribution in [2.75, 3.05) is 11.1 Å². The molecule has 7 nitrogen and oxygen atoms in total. The van der Waals surface area contributed by atoms with Gasteiger partial charge in [-0.2, -0.15) is 0 Å². The van der Waals surface area contributed by atoms with Crippen LogP contribution in [0.1, 0.15) is 5.56 Å². The Labute approximate surface area is 191 Å². The second-order valence-electron chi connectivity index (χ2n) is 7.38. The molecule has 1 N–H and O–H groups in total. The largest absolute Gasteiger partial charge is 0.323 e. The molecule has 164 valence electrons. The van der Waals surface area contributed by atoms with Gasteiger partial charge in [0, 0.05) is 0 Å². The van der Waals surface area contributed by atoms with Gasteiger partial charge in [-0.05, 0) is 42.8 Å². The van der Waals surface area contributed by atoms with Crippen LogP contribution in [0.5, 0.6) is 0 Å². The third-order valence-electron chi connectivity index (χ3n) is 5.23. The lowest BCUT2D eigenvalue weighted by Gasteiger charge is -2.13. The average Bonchev–Trinajstić information content (AvgIpc) is 3.24. The summed E-state index contributed by atoms with van der Waals surface area (Å²) in [5.41, 5.74) is 2.18. The third kappa shape index (κ3) is 3.76. The zero-order valence-electron chi connectivity index (χ0n) is 17.5. The predicted octanol–water partition coefficient (Wildman–Crippen LogP) is 4.21. The molecule has 0 aliphatic rings. The van der Waals surface area contributed by atoms with Crippen molar-refractivity contribution < 1.29 is 9.18 Å². The topological polar surface area (TPSA) is 81.3 Å². The van der Waals surface area contributed by atoms with Crippen LogP contribution in [0.25, 0.3) is 22.4 Å². The minimum absolute atomic E-state index is 0.00700. The average molecular weight is 460 g/mol. The first kappa shape index (κ1) is 20.9. The highest BCUT2D eigenvalue weighted by Crippen LogP contribution is 2.24. The van der Waals surface area contributed by atoms with Crippen LogP contribution < -0.4 is 10.9 Å². The first-order valence-electron chi connectivity index (χ1n) is 10.2. The van der Waals surface area contributed by atoms with Gasteiger partial charge < -0.3 is 5.32 Å². The Morgan fingerprint density at radius 3 is 2.55 bits per heavy atom. The Hall–Kier alpha value is -3.98. The van der Waals surface area contributed by atoms with Crippen LogP contribution in [-0.4, -0.2) is 30.8 Å². The van der Waals surface area contributed by atoms with Crippen LogP contribution in [0.3, 0.4) is 0 Å². The van der Waals surface area contributed by atoms with Gasteiger partial charge in [0.05, 0.1) is 28.0 Å². The number of fused-ring (bicyclic) bond motifs is 3. The molecule has 0 radical (unpaired) electrons. The first-order valence-corrected chi connectivity index (χ1v) is 11.2. The van der Waals surface area contributed by atoms with Crippen LogP contribution in [0, 0.1) is 12.7 Å². The lowest BCUT2D eigenvalue weighted by Crippen LogP contribution is -2.22. The van der Waals surface area contributed by atoms with Crippen molar-refractivity contribution in [2.45, 2.75) is 12.1 Å². The number of rotatable bonds is 5. The molecule has 0 aliphatic carbocycles. The van der Waals surface area contributed by atoms with Gasteiger partial charge in [0.25, 0.3) is 5.56 Å². The number of para-hydroxylation sites is 3. The standard InChI is InChI=1S/C24H18FN5O2S/c1-15-8-2-6-12-19(15)29-22(32)16-9-3-7-13-20(16)30-23(29)27-28-24(30)33-14-21(31)26-18-11-5-4-10-17(18)25/h2-13H,14H2,1H3,(H,26,31). The van der Waals surface area contributed by atoms with E-state index in [0.29, 0.717) is 27.5 Å². The molecule has 1 amide bonds. The number of halogens is 1. The number of thioether (sulfide) groups is 1. The molecule has 9 heteroatoms. The first-order chi connectivity index (χ1) is 16.0. The number of aromatic nitrogens is 4. The second kappa shape index (κ2) is 8.51. The zero-order chi connectivity index (χ0) is 22.9. The number of carbonyl (C=O) groups is 1. The molecule has 5 aromatic rings. The van der Waals surface area contributed by atoms with Gasteiger partial charge in [-0.25, -0.2) is 8.96 Å². The number of carbonyl (C=O) groups excluding carboxylic acids is 1. The highest BCUT2D eigenvalue weighted by atomic mass is 32.2. The minimum Gasteiger partial charge on any atom is -0.323 e. The van der Waals surface area contributed by atoms with E-state index in [9.17, 15) is 14.0 Å². The molecule has 2 aromatic heterocycles. The number of nitrogens with zero attached hydrogens (tertiary/aromatic N) is 4. The van der Waals surface area contributed by atoms with Crippen molar-refractivity contribution in [1.29, 1.82) is 0 Å². The molecule has 33 heavy (non-hydrogen) atoms. The van der Waals surface area contributed by atoms with Crippen LogP contribution in [-0.2, 0) is 4.79 Å². The monoisotopic (exact) mass is 459 g/mol. The SMILES string of the molecule is Cc1ccccc1-n1c(=O)c2ccccc2n2c(SCC(=O)Nc3ccccc3F)nnc12. The minimum atomic E-state index is -0.503. The maximum atomic E-state index is 13.8. The van der Waals surface area contributed by atoms with Gasteiger partial charge in [-0.15, -0.1) is 10.2 Å². The van der Waals surface area contributed by atoms with Gasteiger partial charge in [-0.1, -0.05) is 54.2 Å². The number of benzene rings is 3. The molecule has 2 heterocycles. The summed E-state index contributed by atoms with van der Waals surface area (Å²) in [4.78, 5) is 25.8. The van der Waals surface area contributed by atoms with Gasteiger partial charge >= 0.3 is 0 Å². The molecule has 0 bridgehead atoms. The molecule has 0 aliphatic heterocycles. The van der Waals surface area contributed by atoms with E-state index in [2.05, 4.69) is 15.5 Å². The molecule has 0 saturated heterocycles. The quantitative estimate of drug-likeness (QED) is 0.398. The number of nitrogens with one attached hydrogen (secondary N) is 1. The van der Waals surface area contributed by atoms with E-state index < -0.39 is 5.82 Å². The predicted molar refractivity (Wildman–Crippen MR) is 127 cm³/mol. The normalized spacial score (nSPS) is 11.2. The number of hydrogen-bond donors (Lipinski definition) is 1. The summed E-state index contributed by atoms with van der Waals surface area (Å²) < 4.78 is 17.1. The summed E-state index contributed by atoms with van der Waals surface area (Å²) in [6, 6.07) is 20.7. The smallest absolute Gasteiger partial charge is 0.267 e. The molecule has 5 rings (SSSR count). The van der Waals surface area contributed by atoms with Crippen LogP contribution in [0.15, 0.2) is 82.7 Å². The van der Waals surface area contributed by atoms with E-state index in [4.69, 9.17) is 0 Å². The highest BCUT2D eigenvalue weighted by molar-refractivity contribution is 7.99. The summed E-state index contributed by atoms with van der Waals surface area (Å²) in [6.45, 7) is 1.92. The van der Waals surface area contributed by atoms with E-state index in [1.54, 1.807) is 28.7 Å². The lowest BCUT2D eigenvalue weighted by molar-refractivity contribution is -0.113. The van der Waals surface area contributed by atoms with Crippen LogP contribution in [0.2, 0.25) is 0 Å². The highest BCUT2D eigenvalue weighted by Gasteiger charge is 2.19. The van der Waals surface area contributed by atoms with E-state index in [-0.39, 0.29) is 22.9 Å². The summed E-state index contributed by atoms with van der Waals surface area (Å²) in [7, 11) is 0. The van der Waals surface area contributed by atoms with E-state index >= 15 is 0 Å². The number of amides is 1. The fourth-order valence-electron chi connectivity index (χ4n) is 3.68. The molecule has 0 saturated carbocycles. The molecule has 0 spiro atoms. The molecule has 0 fully saturated rings. The Kier molecular flexibility index (Phi) is 5.39. The van der Waals surface area contributed by atoms with Crippen molar-refractivity contribution in [3.63, 3.8) is 0 Å². The Morgan fingerprint density at radius 1 is 1.00 bits per heavy atom. The van der Waals surface area contributed by atoms with Gasteiger partial charge in [0.15, 0.2) is 5.16 Å². The Balaban J connectivity index is 1.58. The van der Waals surface area contributed by atoms with Crippen molar-refractivity contribution in [3.05, 3.63) is 94.5 Å². The van der Waals surface area contributed by atoms with Gasteiger partial charge in [0.1, 0.15) is 5.82 Å². The summed E-state index contributed by atoms with van der Waals surface area (Å²) in [6.07, 6.45) is 0. The van der Waals surface area contributed by atoms with E-state index in [1.807, 2.05) is 43.3 Å². The van der Waals surface area contributed by atoms with E-state index in [1.165, 1.54) is 16.7 Å². The molecule has 0 atom stereocenters. The Morgan fingerprint density at radius 2 is 1.73 bits per heavy atom. The van der Waals surface area contributed by atoms with Crippen LogP contribution in [0.4, 0.5) is 10.1 Å². The zero-order valence-corrected chi connectivity index (χ0v) is 18.3. The Bertz CT molecular complexity index is 1580. The number of aryl methyl sites for hydroxylation is 1. The third-order valence-corrected chi connectivity index (χ3v) is 6.16. The maximum Gasteiger partial charge on any atom is 0.267 e. The molecule has 3 aromatic carbocycles. The second-order valence-corrected chi connectivity index (χ2v) is 8.32. The van der Waals surface area contributed by atoms with Gasteiger partial charge in [-0.3, -0.25) is 14.0 Å². The summed E-state index contributed by atoms with van der Waals surface area (Å²) in [5, 5.41) is 12.1. The lowest BCUT2D eigenvalue weighted by atomic mass is 10.2. The molecule has 0 unspecified atom stereocenters.